The van der Waals surface area contributed by atoms with Crippen molar-refractivity contribution in [3.63, 3.8) is 0 Å². The molecule has 0 aromatic heterocycles. The van der Waals surface area contributed by atoms with Crippen LogP contribution in [0.1, 0.15) is 18.0 Å². The van der Waals surface area contributed by atoms with Gasteiger partial charge < -0.3 is 20.4 Å². The molecule has 94 valence electrons. The molecule has 0 amide bonds. The van der Waals surface area contributed by atoms with Gasteiger partial charge in [0.25, 0.3) is 0 Å². The molecule has 18 heavy (non-hydrogen) atoms. The van der Waals surface area contributed by atoms with Crippen LogP contribution in [0, 0.1) is 0 Å². The zero-order valence-electron chi connectivity index (χ0n) is 10.2. The lowest BCUT2D eigenvalue weighted by molar-refractivity contribution is -0.430. The summed E-state index contributed by atoms with van der Waals surface area (Å²) in [5.41, 5.74) is 4.74. The molecule has 0 unspecified atom stereocenters. The van der Waals surface area contributed by atoms with Crippen molar-refractivity contribution in [3.05, 3.63) is 42.0 Å². The van der Waals surface area contributed by atoms with Gasteiger partial charge in [-0.15, -0.1) is 0 Å². The molecule has 0 bridgehead atoms. The number of fused-ring (bicyclic) bond motifs is 1. The van der Waals surface area contributed by atoms with Gasteiger partial charge in [0.15, 0.2) is 0 Å². The first-order valence-electron chi connectivity index (χ1n) is 5.71. The molecule has 0 spiro atoms. The summed E-state index contributed by atoms with van der Waals surface area (Å²) in [5.74, 6) is -0.277. The highest BCUT2D eigenvalue weighted by atomic mass is 16.5. The van der Waals surface area contributed by atoms with E-state index in [-0.39, 0.29) is 12.5 Å². The van der Waals surface area contributed by atoms with E-state index in [9.17, 15) is 9.90 Å². The Labute approximate surface area is 105 Å². The predicted molar refractivity (Wildman–Crippen MR) is 65.8 cm³/mol. The maximum atomic E-state index is 10.6. The highest BCUT2D eigenvalue weighted by Gasteiger charge is 2.10. The molecule has 2 rings (SSSR count). The Balaban J connectivity index is 2.35. The Morgan fingerprint density at radius 2 is 1.94 bits per heavy atom. The largest absolute Gasteiger partial charge is 0.550 e. The number of benzene rings is 2. The molecule has 2 aromatic rings. The summed E-state index contributed by atoms with van der Waals surface area (Å²) in [6, 6.07) is 11.3. The number of carbonyl (C=O) groups is 1. The fraction of sp³-hybridized carbons (Fsp3) is 0.214. The fourth-order valence-electron chi connectivity index (χ4n) is 1.94. The van der Waals surface area contributed by atoms with Crippen molar-refractivity contribution in [2.75, 3.05) is 7.11 Å². The van der Waals surface area contributed by atoms with Gasteiger partial charge in [-0.05, 0) is 29.0 Å². The third-order valence-corrected chi connectivity index (χ3v) is 2.96. The fourth-order valence-corrected chi connectivity index (χ4v) is 1.94. The van der Waals surface area contributed by atoms with E-state index in [4.69, 9.17) is 4.74 Å². The van der Waals surface area contributed by atoms with Crippen molar-refractivity contribution in [1.82, 2.24) is 0 Å². The van der Waals surface area contributed by atoms with E-state index < -0.39 is 5.97 Å². The highest BCUT2D eigenvalue weighted by Crippen LogP contribution is 2.24. The molecule has 4 heteroatoms. The van der Waals surface area contributed by atoms with Gasteiger partial charge in [0.05, 0.1) is 7.11 Å². The van der Waals surface area contributed by atoms with E-state index in [1.54, 1.807) is 7.11 Å². The minimum absolute atomic E-state index is 0.0678. The van der Waals surface area contributed by atoms with Crippen molar-refractivity contribution in [2.24, 2.45) is 0 Å². The Hall–Kier alpha value is -2.07. The number of quaternary nitrogens is 1. The zero-order valence-corrected chi connectivity index (χ0v) is 10.2. The van der Waals surface area contributed by atoms with Crippen LogP contribution >= 0.6 is 0 Å². The molecule has 0 fully saturated rings. The second-order valence-electron chi connectivity index (χ2n) is 4.25. The Kier molecular flexibility index (Phi) is 3.48. The van der Waals surface area contributed by atoms with E-state index in [0.717, 1.165) is 22.1 Å². The van der Waals surface area contributed by atoms with Crippen molar-refractivity contribution in [2.45, 2.75) is 12.5 Å². The predicted octanol–water partition coefficient (Wildman–Crippen LogP) is 0.271. The smallest absolute Gasteiger partial charge is 0.119 e. The van der Waals surface area contributed by atoms with Gasteiger partial charge in [0.1, 0.15) is 11.8 Å². The number of rotatable bonds is 4. The minimum Gasteiger partial charge on any atom is -0.550 e. The first-order chi connectivity index (χ1) is 8.60. The molecule has 1 atom stereocenters. The zero-order chi connectivity index (χ0) is 13.1. The van der Waals surface area contributed by atoms with E-state index in [1.165, 1.54) is 0 Å². The second-order valence-corrected chi connectivity index (χ2v) is 4.25. The first kappa shape index (κ1) is 12.4. The molecular weight excluding hydrogens is 230 g/mol. The van der Waals surface area contributed by atoms with Crippen LogP contribution in [0.5, 0.6) is 5.75 Å². The van der Waals surface area contributed by atoms with Crippen LogP contribution in [0.15, 0.2) is 36.4 Å². The minimum atomic E-state index is -1.08. The van der Waals surface area contributed by atoms with Gasteiger partial charge in [-0.25, -0.2) is 0 Å². The summed E-state index contributed by atoms with van der Waals surface area (Å²) < 4.78 is 5.15. The summed E-state index contributed by atoms with van der Waals surface area (Å²) in [6.07, 6.45) is -0.0678. The number of carboxylic acids is 1. The van der Waals surface area contributed by atoms with Gasteiger partial charge >= 0.3 is 0 Å². The number of hydrogen-bond donors (Lipinski definition) is 1. The van der Waals surface area contributed by atoms with Crippen LogP contribution in [0.25, 0.3) is 10.8 Å². The van der Waals surface area contributed by atoms with Crippen molar-refractivity contribution in [3.8, 4) is 5.75 Å². The number of hydrogen-bond acceptors (Lipinski definition) is 3. The molecule has 0 aliphatic heterocycles. The van der Waals surface area contributed by atoms with Crippen LogP contribution < -0.4 is 15.6 Å². The SMILES string of the molecule is COc1ccc2cc([C@H]([NH3+])CC(=O)[O-])ccc2c1. The number of ether oxygens (including phenoxy) is 1. The van der Waals surface area contributed by atoms with Crippen LogP contribution in [-0.2, 0) is 4.79 Å². The molecular formula is C14H15NO3. The van der Waals surface area contributed by atoms with E-state index >= 15 is 0 Å². The van der Waals surface area contributed by atoms with E-state index in [2.05, 4.69) is 5.73 Å². The summed E-state index contributed by atoms with van der Waals surface area (Å²) in [5, 5.41) is 12.7. The average Bonchev–Trinajstić information content (AvgIpc) is 2.36. The van der Waals surface area contributed by atoms with Gasteiger partial charge in [0.2, 0.25) is 0 Å². The number of methoxy groups -OCH3 is 1. The van der Waals surface area contributed by atoms with Gasteiger partial charge in [-0.2, -0.15) is 0 Å². The quantitative estimate of drug-likeness (QED) is 0.840. The third kappa shape index (κ3) is 2.60. The Bertz CT molecular complexity index is 580. The third-order valence-electron chi connectivity index (χ3n) is 2.96. The van der Waals surface area contributed by atoms with Gasteiger partial charge in [-0.3, -0.25) is 0 Å². The monoisotopic (exact) mass is 245 g/mol. The van der Waals surface area contributed by atoms with Crippen molar-refractivity contribution < 1.29 is 20.4 Å². The Morgan fingerprint density at radius 1 is 1.28 bits per heavy atom. The molecule has 0 aliphatic rings. The number of aliphatic carboxylic acids is 1. The second kappa shape index (κ2) is 5.06. The molecule has 0 aliphatic carbocycles. The lowest BCUT2D eigenvalue weighted by atomic mass is 10.0. The average molecular weight is 245 g/mol. The Morgan fingerprint density at radius 3 is 2.61 bits per heavy atom. The van der Waals surface area contributed by atoms with Crippen LogP contribution in [0.2, 0.25) is 0 Å². The van der Waals surface area contributed by atoms with E-state index in [1.807, 2.05) is 36.4 Å². The molecule has 4 nitrogen and oxygen atoms in total. The maximum Gasteiger partial charge on any atom is 0.119 e. The summed E-state index contributed by atoms with van der Waals surface area (Å²) in [7, 11) is 1.63. The first-order valence-corrected chi connectivity index (χ1v) is 5.71. The lowest BCUT2D eigenvalue weighted by Crippen LogP contribution is -2.55. The summed E-state index contributed by atoms with van der Waals surface area (Å²) >= 11 is 0. The highest BCUT2D eigenvalue weighted by molar-refractivity contribution is 5.84. The molecule has 2 aromatic carbocycles. The van der Waals surface area contributed by atoms with Crippen molar-refractivity contribution in [1.29, 1.82) is 0 Å². The number of carbonyl (C=O) groups excluding carboxylic acids is 1. The summed E-state index contributed by atoms with van der Waals surface area (Å²) in [4.78, 5) is 10.6. The van der Waals surface area contributed by atoms with Crippen LogP contribution in [0.4, 0.5) is 0 Å². The van der Waals surface area contributed by atoms with Crippen LogP contribution in [-0.4, -0.2) is 13.1 Å². The number of carboxylic acid groups (broad SMARTS) is 1. The van der Waals surface area contributed by atoms with Crippen LogP contribution in [0.3, 0.4) is 0 Å². The molecule has 3 N–H and O–H groups in total. The summed E-state index contributed by atoms with van der Waals surface area (Å²) in [6.45, 7) is 0. The van der Waals surface area contributed by atoms with Gasteiger partial charge in [0, 0.05) is 18.0 Å². The lowest BCUT2D eigenvalue weighted by Gasteiger charge is -2.11. The van der Waals surface area contributed by atoms with E-state index in [0.29, 0.717) is 0 Å². The standard InChI is InChI=1S/C14H15NO3/c1-18-12-5-4-9-6-11(3-2-10(9)7-12)13(15)8-14(16)17/h2-7,13H,8,15H2,1H3,(H,16,17)/t13-/m1/s1. The normalized spacial score (nSPS) is 12.3. The van der Waals surface area contributed by atoms with Crippen molar-refractivity contribution >= 4 is 16.7 Å². The molecule has 0 heterocycles. The molecule has 0 saturated heterocycles. The maximum absolute atomic E-state index is 10.6. The van der Waals surface area contributed by atoms with Gasteiger partial charge in [-0.1, -0.05) is 18.2 Å². The topological polar surface area (TPSA) is 77.0 Å². The molecule has 0 saturated carbocycles. The molecule has 0 radical (unpaired) electrons.